The van der Waals surface area contributed by atoms with Gasteiger partial charge in [-0.1, -0.05) is 24.3 Å². The van der Waals surface area contributed by atoms with Crippen LogP contribution in [0.25, 0.3) is 5.95 Å². The summed E-state index contributed by atoms with van der Waals surface area (Å²) in [5, 5.41) is 6.99. The molecule has 0 aliphatic heterocycles. The van der Waals surface area contributed by atoms with Gasteiger partial charge in [-0.3, -0.25) is 19.1 Å². The van der Waals surface area contributed by atoms with Crippen molar-refractivity contribution in [2.75, 3.05) is 6.66 Å². The van der Waals surface area contributed by atoms with Gasteiger partial charge in [0.1, 0.15) is 11.4 Å². The molecule has 168 valence electrons. The molecule has 33 heavy (non-hydrogen) atoms. The number of rotatable bonds is 6. The Balaban J connectivity index is 1.67. The Morgan fingerprint density at radius 3 is 2.33 bits per heavy atom. The summed E-state index contributed by atoms with van der Waals surface area (Å²) in [6.45, 7) is 1.23. The first-order valence-corrected chi connectivity index (χ1v) is 11.9. The van der Waals surface area contributed by atoms with Crippen molar-refractivity contribution in [3.63, 3.8) is 0 Å². The number of nitrogens with zero attached hydrogens (tertiary/aromatic N) is 3. The van der Waals surface area contributed by atoms with Gasteiger partial charge in [-0.2, -0.15) is 5.10 Å². The third kappa shape index (κ3) is 4.97. The highest BCUT2D eigenvalue weighted by atomic mass is 31.2. The van der Waals surface area contributed by atoms with E-state index in [-0.39, 0.29) is 16.8 Å². The van der Waals surface area contributed by atoms with E-state index in [1.807, 2.05) is 0 Å². The molecular formula is C22H19FN5O4P. The summed E-state index contributed by atoms with van der Waals surface area (Å²) in [5.41, 5.74) is 0.250. The monoisotopic (exact) mass is 467 g/mol. The van der Waals surface area contributed by atoms with Crippen LogP contribution in [0.4, 0.5) is 4.39 Å². The summed E-state index contributed by atoms with van der Waals surface area (Å²) < 4.78 is 26.7. The Kier molecular flexibility index (Phi) is 6.04. The van der Waals surface area contributed by atoms with Crippen molar-refractivity contribution in [2.45, 2.75) is 6.04 Å². The SMILES string of the molecule is CP(=O)(O)c1ccc([C@H](NC(=O)c2cnc(-n3cccn3)[nH]c2=O)c2ccc(F)cc2)cc1. The Hall–Kier alpha value is -3.88. The van der Waals surface area contributed by atoms with E-state index in [2.05, 4.69) is 20.4 Å². The van der Waals surface area contributed by atoms with Gasteiger partial charge in [0.2, 0.25) is 13.3 Å². The molecule has 1 amide bonds. The lowest BCUT2D eigenvalue weighted by molar-refractivity contribution is 0.0941. The van der Waals surface area contributed by atoms with Crippen molar-refractivity contribution in [1.29, 1.82) is 0 Å². The molecule has 0 bridgehead atoms. The fraction of sp³-hybridized carbons (Fsp3) is 0.0909. The lowest BCUT2D eigenvalue weighted by atomic mass is 9.98. The molecule has 0 saturated carbocycles. The number of carbonyl (C=O) groups is 1. The van der Waals surface area contributed by atoms with Crippen LogP contribution in [-0.4, -0.2) is 37.2 Å². The number of aromatic nitrogens is 4. The first-order valence-electron chi connectivity index (χ1n) is 9.79. The van der Waals surface area contributed by atoms with Crippen molar-refractivity contribution in [3.8, 4) is 5.95 Å². The Labute approximate surface area is 187 Å². The molecule has 2 aromatic heterocycles. The van der Waals surface area contributed by atoms with Crippen LogP contribution in [0.1, 0.15) is 27.5 Å². The summed E-state index contributed by atoms with van der Waals surface area (Å²) in [6.07, 6.45) is 4.26. The average Bonchev–Trinajstić information content (AvgIpc) is 3.32. The van der Waals surface area contributed by atoms with E-state index in [0.717, 1.165) is 6.20 Å². The van der Waals surface area contributed by atoms with E-state index in [1.54, 1.807) is 24.4 Å². The van der Waals surface area contributed by atoms with Crippen molar-refractivity contribution in [3.05, 3.63) is 106 Å². The lowest BCUT2D eigenvalue weighted by Gasteiger charge is -2.20. The van der Waals surface area contributed by atoms with Crippen LogP contribution in [0, 0.1) is 5.82 Å². The molecule has 0 spiro atoms. The molecule has 0 radical (unpaired) electrons. The minimum atomic E-state index is -3.45. The molecule has 2 atom stereocenters. The molecule has 1 unspecified atom stereocenters. The summed E-state index contributed by atoms with van der Waals surface area (Å²) in [7, 11) is -3.45. The molecule has 4 rings (SSSR count). The fourth-order valence-corrected chi connectivity index (χ4v) is 3.93. The van der Waals surface area contributed by atoms with Gasteiger partial charge in [0.15, 0.2) is 0 Å². The van der Waals surface area contributed by atoms with E-state index in [0.29, 0.717) is 11.1 Å². The molecular weight excluding hydrogens is 448 g/mol. The van der Waals surface area contributed by atoms with Crippen molar-refractivity contribution >= 4 is 18.6 Å². The number of carbonyl (C=O) groups excluding carboxylic acids is 1. The first-order chi connectivity index (χ1) is 15.7. The summed E-state index contributed by atoms with van der Waals surface area (Å²) in [6, 6.07) is 12.6. The van der Waals surface area contributed by atoms with Crippen molar-refractivity contribution < 1.29 is 18.6 Å². The molecule has 4 aromatic rings. The van der Waals surface area contributed by atoms with Gasteiger partial charge in [-0.15, -0.1) is 0 Å². The highest BCUT2D eigenvalue weighted by Crippen LogP contribution is 2.34. The molecule has 2 heterocycles. The number of halogens is 1. The Morgan fingerprint density at radius 1 is 1.15 bits per heavy atom. The zero-order valence-electron chi connectivity index (χ0n) is 17.3. The number of benzene rings is 2. The number of aromatic amines is 1. The normalized spacial score (nSPS) is 13.8. The van der Waals surface area contributed by atoms with Gasteiger partial charge in [0.05, 0.1) is 6.04 Å². The van der Waals surface area contributed by atoms with Gasteiger partial charge in [0, 0.05) is 30.6 Å². The van der Waals surface area contributed by atoms with Crippen LogP contribution < -0.4 is 16.2 Å². The number of H-pyrrole nitrogens is 1. The standard InChI is InChI=1S/C22H19FN5O4P/c1-33(31,32)17-9-5-15(6-10-17)19(14-3-7-16(23)8-4-14)26-20(29)18-13-24-22(27-21(18)30)28-12-2-11-25-28/h2-13,19H,1H3,(H,26,29)(H,31,32)(H,24,27,30)/t19-/m1/s1. The van der Waals surface area contributed by atoms with Crippen LogP contribution in [0.15, 0.2) is 78.0 Å². The highest BCUT2D eigenvalue weighted by molar-refractivity contribution is 7.65. The Morgan fingerprint density at radius 2 is 1.79 bits per heavy atom. The molecule has 9 nitrogen and oxygen atoms in total. The average molecular weight is 467 g/mol. The molecule has 0 aliphatic carbocycles. The van der Waals surface area contributed by atoms with Crippen LogP contribution >= 0.6 is 7.37 Å². The predicted molar refractivity (Wildman–Crippen MR) is 120 cm³/mol. The topological polar surface area (TPSA) is 130 Å². The zero-order valence-corrected chi connectivity index (χ0v) is 18.2. The van der Waals surface area contributed by atoms with Gasteiger partial charge < -0.3 is 10.2 Å². The predicted octanol–water partition coefficient (Wildman–Crippen LogP) is 2.14. The van der Waals surface area contributed by atoms with Gasteiger partial charge in [0.25, 0.3) is 11.5 Å². The quantitative estimate of drug-likeness (QED) is 0.373. The lowest BCUT2D eigenvalue weighted by Crippen LogP contribution is -2.34. The maximum atomic E-state index is 13.5. The largest absolute Gasteiger partial charge is 0.341 e. The van der Waals surface area contributed by atoms with Crippen molar-refractivity contribution in [1.82, 2.24) is 25.1 Å². The first kappa shape index (κ1) is 22.3. The molecule has 2 aromatic carbocycles. The van der Waals surface area contributed by atoms with Crippen LogP contribution in [-0.2, 0) is 4.57 Å². The van der Waals surface area contributed by atoms with E-state index < -0.39 is 30.7 Å². The van der Waals surface area contributed by atoms with E-state index in [1.165, 1.54) is 53.9 Å². The second-order valence-corrected chi connectivity index (χ2v) is 9.60. The van der Waals surface area contributed by atoms with Gasteiger partial charge >= 0.3 is 0 Å². The molecule has 11 heteroatoms. The van der Waals surface area contributed by atoms with Gasteiger partial charge in [-0.25, -0.2) is 14.1 Å². The smallest absolute Gasteiger partial charge is 0.265 e. The summed E-state index contributed by atoms with van der Waals surface area (Å²) in [4.78, 5) is 41.9. The minimum Gasteiger partial charge on any atom is -0.341 e. The molecule has 3 N–H and O–H groups in total. The fourth-order valence-electron chi connectivity index (χ4n) is 3.22. The second kappa shape index (κ2) is 8.93. The molecule has 0 fully saturated rings. The third-order valence-electron chi connectivity index (χ3n) is 4.94. The third-order valence-corrected chi connectivity index (χ3v) is 6.19. The number of hydrogen-bond donors (Lipinski definition) is 3. The maximum absolute atomic E-state index is 13.5. The van der Waals surface area contributed by atoms with Crippen molar-refractivity contribution in [2.24, 2.45) is 0 Å². The minimum absolute atomic E-state index is 0.153. The molecule has 0 aliphatic rings. The van der Waals surface area contributed by atoms with Gasteiger partial charge in [-0.05, 0) is 41.5 Å². The molecule has 0 saturated heterocycles. The second-order valence-electron chi connectivity index (χ2n) is 7.33. The number of nitrogens with one attached hydrogen (secondary N) is 2. The summed E-state index contributed by atoms with van der Waals surface area (Å²) >= 11 is 0. The Bertz CT molecular complexity index is 1380. The summed E-state index contributed by atoms with van der Waals surface area (Å²) in [5.74, 6) is -0.987. The van der Waals surface area contributed by atoms with Crippen LogP contribution in [0.5, 0.6) is 0 Å². The van der Waals surface area contributed by atoms with Crippen LogP contribution in [0.2, 0.25) is 0 Å². The maximum Gasteiger partial charge on any atom is 0.265 e. The highest BCUT2D eigenvalue weighted by Gasteiger charge is 2.22. The van der Waals surface area contributed by atoms with E-state index in [9.17, 15) is 23.4 Å². The zero-order chi connectivity index (χ0) is 23.6. The van der Waals surface area contributed by atoms with E-state index in [4.69, 9.17) is 0 Å². The van der Waals surface area contributed by atoms with Crippen LogP contribution in [0.3, 0.4) is 0 Å². The number of hydrogen-bond acceptors (Lipinski definition) is 5. The van der Waals surface area contributed by atoms with E-state index >= 15 is 0 Å². The number of amides is 1.